The summed E-state index contributed by atoms with van der Waals surface area (Å²) < 4.78 is 7.37. The summed E-state index contributed by atoms with van der Waals surface area (Å²) in [7, 11) is 1.69. The molecule has 2 aromatic carbocycles. The number of hydrogen-bond acceptors (Lipinski definition) is 5. The number of imidazole rings is 1. The summed E-state index contributed by atoms with van der Waals surface area (Å²) >= 11 is 1.35. The van der Waals surface area contributed by atoms with Gasteiger partial charge in [-0.15, -0.1) is 0 Å². The second-order valence-corrected chi connectivity index (χ2v) is 8.02. The Morgan fingerprint density at radius 3 is 2.77 bits per heavy atom. The summed E-state index contributed by atoms with van der Waals surface area (Å²) in [6, 6.07) is 15.2. The zero-order chi connectivity index (χ0) is 20.8. The van der Waals surface area contributed by atoms with E-state index in [4.69, 9.17) is 4.74 Å². The van der Waals surface area contributed by atoms with Crippen molar-refractivity contribution in [3.05, 3.63) is 65.3 Å². The number of carbonyl (C=O) groups excluding carboxylic acids is 2. The van der Waals surface area contributed by atoms with Crippen LogP contribution in [-0.4, -0.2) is 34.9 Å². The molecule has 8 heteroatoms. The maximum Gasteiger partial charge on any atom is 0.267 e. The minimum atomic E-state index is -0.213. The van der Waals surface area contributed by atoms with Crippen LogP contribution in [0.4, 0.5) is 11.4 Å². The van der Waals surface area contributed by atoms with Crippen molar-refractivity contribution in [3.8, 4) is 17.0 Å². The molecule has 1 N–H and O–H groups in total. The van der Waals surface area contributed by atoms with Crippen molar-refractivity contribution in [2.45, 2.75) is 6.92 Å². The highest BCUT2D eigenvalue weighted by Gasteiger charge is 2.23. The van der Waals surface area contributed by atoms with Crippen LogP contribution in [0, 0.1) is 6.92 Å². The largest absolute Gasteiger partial charge is 0.482 e. The first-order valence-corrected chi connectivity index (χ1v) is 10.2. The molecular weight excluding hydrogens is 400 g/mol. The van der Waals surface area contributed by atoms with E-state index in [2.05, 4.69) is 10.3 Å². The standard InChI is InChI=1S/C22H18N4O3S/c1-13-20(30-22-24-16(11-26(13)22)14-6-4-3-5-7-14)21(28)23-15-8-9-18-17(10-15)25(2)19(27)12-29-18/h3-11H,12H2,1-2H3,(H,23,28). The Labute approximate surface area is 176 Å². The molecule has 1 aliphatic heterocycles. The Morgan fingerprint density at radius 1 is 1.20 bits per heavy atom. The van der Waals surface area contributed by atoms with E-state index in [1.54, 1.807) is 25.2 Å². The van der Waals surface area contributed by atoms with Crippen molar-refractivity contribution in [2.75, 3.05) is 23.9 Å². The van der Waals surface area contributed by atoms with Gasteiger partial charge in [-0.1, -0.05) is 41.7 Å². The quantitative estimate of drug-likeness (QED) is 0.546. The number of likely N-dealkylation sites (N-methyl/N-ethyl adjacent to an activating group) is 1. The van der Waals surface area contributed by atoms with Gasteiger partial charge in [0.15, 0.2) is 11.6 Å². The highest BCUT2D eigenvalue weighted by atomic mass is 32.1. The van der Waals surface area contributed by atoms with Gasteiger partial charge in [-0.2, -0.15) is 0 Å². The number of amides is 2. The second-order valence-electron chi connectivity index (χ2n) is 7.04. The number of hydrogen-bond donors (Lipinski definition) is 1. The van der Waals surface area contributed by atoms with Gasteiger partial charge in [0.25, 0.3) is 11.8 Å². The first-order chi connectivity index (χ1) is 14.5. The van der Waals surface area contributed by atoms with E-state index in [0.29, 0.717) is 22.0 Å². The molecule has 4 aromatic rings. The third-order valence-corrected chi connectivity index (χ3v) is 6.29. The zero-order valence-corrected chi connectivity index (χ0v) is 17.2. The van der Waals surface area contributed by atoms with Crippen molar-refractivity contribution in [2.24, 2.45) is 0 Å². The topological polar surface area (TPSA) is 75.9 Å². The predicted molar refractivity (Wildman–Crippen MR) is 117 cm³/mol. The molecule has 5 rings (SSSR count). The van der Waals surface area contributed by atoms with Crippen molar-refractivity contribution in [1.82, 2.24) is 9.38 Å². The van der Waals surface area contributed by atoms with Gasteiger partial charge in [0.2, 0.25) is 0 Å². The van der Waals surface area contributed by atoms with Crippen LogP contribution in [0.2, 0.25) is 0 Å². The third kappa shape index (κ3) is 3.02. The van der Waals surface area contributed by atoms with Crippen molar-refractivity contribution in [1.29, 1.82) is 0 Å². The monoisotopic (exact) mass is 418 g/mol. The fraction of sp³-hybridized carbons (Fsp3) is 0.136. The van der Waals surface area contributed by atoms with Gasteiger partial charge in [0.05, 0.1) is 11.4 Å². The molecule has 0 saturated carbocycles. The van der Waals surface area contributed by atoms with Gasteiger partial charge in [-0.3, -0.25) is 14.0 Å². The lowest BCUT2D eigenvalue weighted by atomic mass is 10.2. The molecule has 1 aliphatic rings. The summed E-state index contributed by atoms with van der Waals surface area (Å²) in [5, 5.41) is 2.92. The van der Waals surface area contributed by atoms with Crippen LogP contribution in [0.25, 0.3) is 16.2 Å². The predicted octanol–water partition coefficient (Wildman–Crippen LogP) is 3.98. The number of rotatable bonds is 3. The lowest BCUT2D eigenvalue weighted by molar-refractivity contribution is -0.120. The number of ether oxygens (including phenoxy) is 1. The summed E-state index contributed by atoms with van der Waals surface area (Å²) in [5.41, 5.74) is 3.97. The van der Waals surface area contributed by atoms with Crippen molar-refractivity contribution >= 4 is 39.5 Å². The number of fused-ring (bicyclic) bond motifs is 2. The number of aromatic nitrogens is 2. The minimum Gasteiger partial charge on any atom is -0.482 e. The number of nitrogens with zero attached hydrogens (tertiary/aromatic N) is 3. The van der Waals surface area contributed by atoms with Crippen LogP contribution in [0.3, 0.4) is 0 Å². The SMILES string of the molecule is Cc1c(C(=O)Nc2ccc3c(c2)N(C)C(=O)CO3)sc2nc(-c3ccccc3)cn12. The van der Waals surface area contributed by atoms with E-state index in [1.807, 2.05) is 47.9 Å². The molecule has 0 saturated heterocycles. The Kier molecular flexibility index (Phi) is 4.29. The van der Waals surface area contributed by atoms with Gasteiger partial charge in [-0.25, -0.2) is 4.98 Å². The Bertz CT molecular complexity index is 1290. The lowest BCUT2D eigenvalue weighted by Crippen LogP contribution is -2.35. The smallest absolute Gasteiger partial charge is 0.267 e. The summed E-state index contributed by atoms with van der Waals surface area (Å²) in [6.45, 7) is 1.93. The molecule has 2 aromatic heterocycles. The van der Waals surface area contributed by atoms with Gasteiger partial charge < -0.3 is 15.0 Å². The number of anilines is 2. The fourth-order valence-electron chi connectivity index (χ4n) is 3.45. The molecule has 0 aliphatic carbocycles. The molecule has 7 nitrogen and oxygen atoms in total. The Morgan fingerprint density at radius 2 is 2.00 bits per heavy atom. The first-order valence-electron chi connectivity index (χ1n) is 9.40. The highest BCUT2D eigenvalue weighted by Crippen LogP contribution is 2.34. The summed E-state index contributed by atoms with van der Waals surface area (Å²) in [4.78, 5) is 32.3. The van der Waals surface area contributed by atoms with Crippen LogP contribution >= 0.6 is 11.3 Å². The number of aryl methyl sites for hydroxylation is 1. The average Bonchev–Trinajstić information content (AvgIpc) is 3.31. The molecular formula is C22H18N4O3S. The van der Waals surface area contributed by atoms with Crippen LogP contribution in [0.5, 0.6) is 5.75 Å². The van der Waals surface area contributed by atoms with Crippen molar-refractivity contribution < 1.29 is 14.3 Å². The average molecular weight is 418 g/mol. The van der Waals surface area contributed by atoms with Gasteiger partial charge in [0, 0.05) is 30.2 Å². The molecule has 0 unspecified atom stereocenters. The summed E-state index contributed by atoms with van der Waals surface area (Å²) in [5.74, 6) is 0.278. The first kappa shape index (κ1) is 18.4. The molecule has 150 valence electrons. The molecule has 2 amide bonds. The van der Waals surface area contributed by atoms with E-state index in [0.717, 1.165) is 21.9 Å². The van der Waals surface area contributed by atoms with Gasteiger partial charge >= 0.3 is 0 Å². The van der Waals surface area contributed by atoms with Crippen LogP contribution < -0.4 is 15.0 Å². The van der Waals surface area contributed by atoms with Crippen LogP contribution in [0.15, 0.2) is 54.7 Å². The maximum absolute atomic E-state index is 12.9. The number of nitrogens with one attached hydrogen (secondary N) is 1. The van der Waals surface area contributed by atoms with Crippen LogP contribution in [0.1, 0.15) is 15.4 Å². The number of benzene rings is 2. The molecule has 0 radical (unpaired) electrons. The molecule has 0 spiro atoms. The normalized spacial score (nSPS) is 13.3. The van der Waals surface area contributed by atoms with E-state index in [-0.39, 0.29) is 18.4 Å². The third-order valence-electron chi connectivity index (χ3n) is 5.14. The number of carbonyl (C=O) groups is 2. The van der Waals surface area contributed by atoms with Crippen molar-refractivity contribution in [3.63, 3.8) is 0 Å². The van der Waals surface area contributed by atoms with Gasteiger partial charge in [-0.05, 0) is 25.1 Å². The maximum atomic E-state index is 12.9. The highest BCUT2D eigenvalue weighted by molar-refractivity contribution is 7.19. The minimum absolute atomic E-state index is 0.0222. The van der Waals surface area contributed by atoms with E-state index >= 15 is 0 Å². The van der Waals surface area contributed by atoms with Gasteiger partial charge in [0.1, 0.15) is 10.6 Å². The molecule has 0 bridgehead atoms. The van der Waals surface area contributed by atoms with Crippen LogP contribution in [-0.2, 0) is 4.79 Å². The van der Waals surface area contributed by atoms with E-state index in [1.165, 1.54) is 16.2 Å². The fourth-order valence-corrected chi connectivity index (χ4v) is 4.45. The summed E-state index contributed by atoms with van der Waals surface area (Å²) in [6.07, 6.45) is 1.95. The Hall–Kier alpha value is -3.65. The number of thiazole rings is 1. The Balaban J connectivity index is 1.42. The zero-order valence-electron chi connectivity index (χ0n) is 16.4. The lowest BCUT2D eigenvalue weighted by Gasteiger charge is -2.26. The molecule has 30 heavy (non-hydrogen) atoms. The van der Waals surface area contributed by atoms with E-state index in [9.17, 15) is 9.59 Å². The molecule has 0 atom stereocenters. The molecule has 0 fully saturated rings. The molecule has 3 heterocycles. The second kappa shape index (κ2) is 7.00. The van der Waals surface area contributed by atoms with E-state index < -0.39 is 0 Å².